The molecule has 2 rings (SSSR count). The molecule has 154 valence electrons. The standard InChI is InChI=1S/C22H28N4O3/c1-5-26(6-2)13-16-10-15(7-8-20(16)29-4)17-11-19(14(3)9-21(27)28)25-22(24)18(17)12-23/h7-8,10-11,14H,5-6,9,13H2,1-4H3,(H2,24,25)(H,27,28). The molecule has 29 heavy (non-hydrogen) atoms. The number of methoxy groups -OCH3 is 1. The third kappa shape index (κ3) is 5.24. The number of carboxylic acid groups (broad SMARTS) is 1. The van der Waals surface area contributed by atoms with Crippen LogP contribution in [-0.2, 0) is 11.3 Å². The summed E-state index contributed by atoms with van der Waals surface area (Å²) in [6.07, 6.45) is -0.0619. The first kappa shape index (κ1) is 22.2. The number of rotatable bonds is 9. The molecule has 1 heterocycles. The summed E-state index contributed by atoms with van der Waals surface area (Å²) < 4.78 is 5.52. The average Bonchev–Trinajstić information content (AvgIpc) is 2.70. The summed E-state index contributed by atoms with van der Waals surface area (Å²) in [5.74, 6) is -0.344. The molecule has 3 N–H and O–H groups in total. The van der Waals surface area contributed by atoms with E-state index in [9.17, 15) is 10.1 Å². The highest BCUT2D eigenvalue weighted by molar-refractivity contribution is 5.77. The number of ether oxygens (including phenoxy) is 1. The molecule has 7 nitrogen and oxygen atoms in total. The van der Waals surface area contributed by atoms with Crippen LogP contribution < -0.4 is 10.5 Å². The van der Waals surface area contributed by atoms with Crippen LogP contribution in [0.5, 0.6) is 5.75 Å². The summed E-state index contributed by atoms with van der Waals surface area (Å²) in [4.78, 5) is 17.6. The number of nitrogen functional groups attached to an aromatic ring is 1. The quantitative estimate of drug-likeness (QED) is 0.665. The maximum Gasteiger partial charge on any atom is 0.304 e. The maximum atomic E-state index is 11.1. The molecular formula is C22H28N4O3. The molecule has 0 fully saturated rings. The fourth-order valence-electron chi connectivity index (χ4n) is 3.31. The number of nitrogens with zero attached hydrogens (tertiary/aromatic N) is 3. The van der Waals surface area contributed by atoms with Gasteiger partial charge in [0.05, 0.1) is 13.5 Å². The second kappa shape index (κ2) is 9.89. The second-order valence-electron chi connectivity index (χ2n) is 6.95. The van der Waals surface area contributed by atoms with Crippen molar-refractivity contribution >= 4 is 11.8 Å². The van der Waals surface area contributed by atoms with Gasteiger partial charge in [-0.1, -0.05) is 26.8 Å². The van der Waals surface area contributed by atoms with Crippen molar-refractivity contribution in [3.8, 4) is 22.9 Å². The van der Waals surface area contributed by atoms with Gasteiger partial charge in [0.15, 0.2) is 0 Å². The number of hydrogen-bond donors (Lipinski definition) is 2. The first-order valence-electron chi connectivity index (χ1n) is 9.66. The molecule has 0 radical (unpaired) electrons. The zero-order valence-electron chi connectivity index (χ0n) is 17.4. The summed E-state index contributed by atoms with van der Waals surface area (Å²) in [6, 6.07) is 9.66. The Bertz CT molecular complexity index is 917. The molecule has 0 amide bonds. The molecule has 7 heteroatoms. The van der Waals surface area contributed by atoms with E-state index in [1.54, 1.807) is 20.1 Å². The topological polar surface area (TPSA) is 112 Å². The Kier molecular flexibility index (Phi) is 7.57. The van der Waals surface area contributed by atoms with Crippen LogP contribution in [0.25, 0.3) is 11.1 Å². The lowest BCUT2D eigenvalue weighted by Gasteiger charge is -2.21. The lowest BCUT2D eigenvalue weighted by molar-refractivity contribution is -0.137. The highest BCUT2D eigenvalue weighted by Crippen LogP contribution is 2.33. The van der Waals surface area contributed by atoms with Crippen molar-refractivity contribution in [3.63, 3.8) is 0 Å². The summed E-state index contributed by atoms with van der Waals surface area (Å²) in [6.45, 7) is 8.53. The first-order chi connectivity index (χ1) is 13.8. The van der Waals surface area contributed by atoms with E-state index >= 15 is 0 Å². The number of hydrogen-bond acceptors (Lipinski definition) is 6. The lowest BCUT2D eigenvalue weighted by atomic mass is 9.94. The van der Waals surface area contributed by atoms with Crippen LogP contribution in [0.1, 0.15) is 49.9 Å². The highest BCUT2D eigenvalue weighted by atomic mass is 16.5. The average molecular weight is 396 g/mol. The van der Waals surface area contributed by atoms with Gasteiger partial charge in [0.25, 0.3) is 0 Å². The molecular weight excluding hydrogens is 368 g/mol. The largest absolute Gasteiger partial charge is 0.496 e. The van der Waals surface area contributed by atoms with Gasteiger partial charge in [-0.05, 0) is 36.9 Å². The van der Waals surface area contributed by atoms with Crippen LogP contribution in [0.2, 0.25) is 0 Å². The Hall–Kier alpha value is -3.11. The number of carboxylic acids is 1. The number of nitriles is 1. The van der Waals surface area contributed by atoms with Gasteiger partial charge in [-0.2, -0.15) is 5.26 Å². The number of anilines is 1. The van der Waals surface area contributed by atoms with Crippen molar-refractivity contribution in [3.05, 3.63) is 41.1 Å². The molecule has 0 saturated carbocycles. The molecule has 0 aliphatic carbocycles. The van der Waals surface area contributed by atoms with Gasteiger partial charge in [0.2, 0.25) is 0 Å². The number of nitrogens with two attached hydrogens (primary N) is 1. The number of aromatic nitrogens is 1. The zero-order chi connectivity index (χ0) is 21.6. The lowest BCUT2D eigenvalue weighted by Crippen LogP contribution is -2.22. The van der Waals surface area contributed by atoms with Crippen LogP contribution in [0, 0.1) is 11.3 Å². The van der Waals surface area contributed by atoms with Gasteiger partial charge in [0, 0.05) is 29.3 Å². The van der Waals surface area contributed by atoms with E-state index in [0.29, 0.717) is 11.3 Å². The fraction of sp³-hybridized carbons (Fsp3) is 0.409. The van der Waals surface area contributed by atoms with E-state index in [2.05, 4.69) is 29.8 Å². The van der Waals surface area contributed by atoms with Crippen molar-refractivity contribution in [1.29, 1.82) is 5.26 Å². The summed E-state index contributed by atoms with van der Waals surface area (Å²) in [5, 5.41) is 18.7. The van der Waals surface area contributed by atoms with Crippen molar-refractivity contribution in [1.82, 2.24) is 9.88 Å². The van der Waals surface area contributed by atoms with Gasteiger partial charge < -0.3 is 15.6 Å². The fourth-order valence-corrected chi connectivity index (χ4v) is 3.31. The Labute approximate surface area is 171 Å². The number of pyridine rings is 1. The molecule has 0 saturated heterocycles. The predicted octanol–water partition coefficient (Wildman–Crippen LogP) is 3.63. The third-order valence-corrected chi connectivity index (χ3v) is 5.04. The zero-order valence-corrected chi connectivity index (χ0v) is 17.4. The van der Waals surface area contributed by atoms with Gasteiger partial charge in [-0.25, -0.2) is 4.98 Å². The molecule has 1 unspecified atom stereocenters. The smallest absolute Gasteiger partial charge is 0.304 e. The van der Waals surface area contributed by atoms with Crippen molar-refractivity contribution < 1.29 is 14.6 Å². The van der Waals surface area contributed by atoms with Crippen LogP contribution in [-0.4, -0.2) is 41.2 Å². The van der Waals surface area contributed by atoms with E-state index in [4.69, 9.17) is 15.6 Å². The minimum absolute atomic E-state index is 0.0619. The van der Waals surface area contributed by atoms with E-state index in [1.807, 2.05) is 18.2 Å². The first-order valence-corrected chi connectivity index (χ1v) is 9.66. The molecule has 0 aliphatic rings. The predicted molar refractivity (Wildman–Crippen MR) is 113 cm³/mol. The summed E-state index contributed by atoms with van der Waals surface area (Å²) in [5.41, 5.74) is 9.36. The van der Waals surface area contributed by atoms with E-state index in [0.717, 1.165) is 36.5 Å². The van der Waals surface area contributed by atoms with E-state index in [-0.39, 0.29) is 23.7 Å². The Morgan fingerprint density at radius 1 is 1.34 bits per heavy atom. The molecule has 0 spiro atoms. The number of benzene rings is 1. The van der Waals surface area contributed by atoms with Crippen molar-refractivity contribution in [2.75, 3.05) is 25.9 Å². The molecule has 0 bridgehead atoms. The normalized spacial score (nSPS) is 11.9. The Balaban J connectivity index is 2.58. The summed E-state index contributed by atoms with van der Waals surface area (Å²) in [7, 11) is 1.64. The van der Waals surface area contributed by atoms with Crippen molar-refractivity contribution in [2.45, 2.75) is 39.7 Å². The van der Waals surface area contributed by atoms with Crippen LogP contribution in [0.3, 0.4) is 0 Å². The molecule has 0 aliphatic heterocycles. The SMILES string of the molecule is CCN(CC)Cc1cc(-c2cc(C(C)CC(=O)O)nc(N)c2C#N)ccc1OC. The monoisotopic (exact) mass is 396 g/mol. The van der Waals surface area contributed by atoms with E-state index in [1.165, 1.54) is 0 Å². The van der Waals surface area contributed by atoms with Gasteiger partial charge in [-0.15, -0.1) is 0 Å². The highest BCUT2D eigenvalue weighted by Gasteiger charge is 2.19. The number of aliphatic carboxylic acids is 1. The van der Waals surface area contributed by atoms with Crippen LogP contribution in [0.15, 0.2) is 24.3 Å². The van der Waals surface area contributed by atoms with Gasteiger partial charge in [-0.3, -0.25) is 9.69 Å². The van der Waals surface area contributed by atoms with Gasteiger partial charge >= 0.3 is 5.97 Å². The Morgan fingerprint density at radius 3 is 2.59 bits per heavy atom. The van der Waals surface area contributed by atoms with Crippen LogP contribution in [0.4, 0.5) is 5.82 Å². The summed E-state index contributed by atoms with van der Waals surface area (Å²) >= 11 is 0. The second-order valence-corrected chi connectivity index (χ2v) is 6.95. The third-order valence-electron chi connectivity index (χ3n) is 5.04. The van der Waals surface area contributed by atoms with Gasteiger partial charge in [0.1, 0.15) is 23.2 Å². The molecule has 2 aromatic rings. The molecule has 1 aromatic heterocycles. The maximum absolute atomic E-state index is 11.1. The minimum atomic E-state index is -0.908. The Morgan fingerprint density at radius 2 is 2.03 bits per heavy atom. The van der Waals surface area contributed by atoms with E-state index < -0.39 is 5.97 Å². The minimum Gasteiger partial charge on any atom is -0.496 e. The molecule has 1 atom stereocenters. The van der Waals surface area contributed by atoms with Crippen molar-refractivity contribution in [2.24, 2.45) is 0 Å². The number of carbonyl (C=O) groups is 1. The van der Waals surface area contributed by atoms with Crippen LogP contribution >= 0.6 is 0 Å². The molecule has 1 aromatic carbocycles.